The van der Waals surface area contributed by atoms with E-state index in [0.29, 0.717) is 42.2 Å². The molecule has 1 atom stereocenters. The fraction of sp³-hybridized carbons (Fsp3) is 0.478. The van der Waals surface area contributed by atoms with Crippen molar-refractivity contribution < 1.29 is 18.7 Å². The molecule has 148 valence electrons. The molecule has 0 radical (unpaired) electrons. The Kier molecular flexibility index (Phi) is 5.33. The Labute approximate surface area is 164 Å². The highest BCUT2D eigenvalue weighted by atomic mass is 19.1. The highest BCUT2D eigenvalue weighted by molar-refractivity contribution is 6.03. The van der Waals surface area contributed by atoms with Crippen molar-refractivity contribution in [2.24, 2.45) is 5.92 Å². The van der Waals surface area contributed by atoms with Crippen molar-refractivity contribution in [3.63, 3.8) is 0 Å². The summed E-state index contributed by atoms with van der Waals surface area (Å²) in [5.41, 5.74) is 3.44. The van der Waals surface area contributed by atoms with Crippen molar-refractivity contribution in [1.82, 2.24) is 4.98 Å². The van der Waals surface area contributed by atoms with Gasteiger partial charge in [0.05, 0.1) is 6.61 Å². The highest BCUT2D eigenvalue weighted by Crippen LogP contribution is 2.35. The molecule has 4 nitrogen and oxygen atoms in total. The van der Waals surface area contributed by atoms with Gasteiger partial charge in [-0.3, -0.25) is 4.79 Å². The fourth-order valence-corrected chi connectivity index (χ4v) is 4.63. The van der Waals surface area contributed by atoms with E-state index in [0.717, 1.165) is 24.1 Å². The number of halogens is 1. The number of carbonyl (C=O) groups is 2. The molecule has 2 aliphatic carbocycles. The molecule has 4 rings (SSSR count). The minimum Gasteiger partial charge on any atom is -0.461 e. The van der Waals surface area contributed by atoms with Crippen LogP contribution in [0.15, 0.2) is 24.3 Å². The summed E-state index contributed by atoms with van der Waals surface area (Å²) in [6.45, 7) is 2.26. The fourth-order valence-electron chi connectivity index (χ4n) is 4.63. The van der Waals surface area contributed by atoms with Crippen LogP contribution in [-0.2, 0) is 11.2 Å². The monoisotopic (exact) mass is 383 g/mol. The first-order valence-electron chi connectivity index (χ1n) is 10.2. The summed E-state index contributed by atoms with van der Waals surface area (Å²) in [5.74, 6) is -0.193. The second-order valence-electron chi connectivity index (χ2n) is 8.16. The van der Waals surface area contributed by atoms with Crippen LogP contribution < -0.4 is 0 Å². The molecular weight excluding hydrogens is 357 g/mol. The molecule has 1 N–H and O–H groups in total. The van der Waals surface area contributed by atoms with Crippen LogP contribution in [-0.4, -0.2) is 23.3 Å². The van der Waals surface area contributed by atoms with E-state index in [4.69, 9.17) is 4.74 Å². The van der Waals surface area contributed by atoms with E-state index in [1.807, 2.05) is 6.92 Å². The zero-order valence-electron chi connectivity index (χ0n) is 16.2. The van der Waals surface area contributed by atoms with E-state index in [2.05, 4.69) is 4.98 Å². The number of carbonyl (C=O) groups excluding carboxylic acids is 2. The molecule has 0 spiro atoms. The maximum Gasteiger partial charge on any atom is 0.355 e. The van der Waals surface area contributed by atoms with Gasteiger partial charge in [-0.15, -0.1) is 0 Å². The summed E-state index contributed by atoms with van der Waals surface area (Å²) < 4.78 is 18.8. The second kappa shape index (κ2) is 7.90. The molecule has 0 bridgehead atoms. The van der Waals surface area contributed by atoms with Gasteiger partial charge in [-0.2, -0.15) is 0 Å². The number of hydrogen-bond donors (Lipinski definition) is 1. The van der Waals surface area contributed by atoms with E-state index in [1.54, 1.807) is 12.1 Å². The summed E-state index contributed by atoms with van der Waals surface area (Å²) >= 11 is 0. The van der Waals surface area contributed by atoms with Gasteiger partial charge in [0.1, 0.15) is 11.5 Å². The molecule has 28 heavy (non-hydrogen) atoms. The van der Waals surface area contributed by atoms with Crippen molar-refractivity contribution in [2.45, 2.75) is 57.8 Å². The van der Waals surface area contributed by atoms with Crippen molar-refractivity contribution >= 4 is 11.8 Å². The number of ketones is 1. The van der Waals surface area contributed by atoms with Crippen LogP contribution in [0, 0.1) is 18.7 Å². The molecule has 0 unspecified atom stereocenters. The molecule has 1 fully saturated rings. The average molecular weight is 383 g/mol. The first-order chi connectivity index (χ1) is 13.5. The molecule has 1 heterocycles. The number of ether oxygens (including phenoxy) is 1. The Bertz CT molecular complexity index is 878. The van der Waals surface area contributed by atoms with Crippen molar-refractivity contribution in [2.75, 3.05) is 6.61 Å². The number of rotatable bonds is 4. The number of hydrogen-bond acceptors (Lipinski definition) is 3. The smallest absolute Gasteiger partial charge is 0.355 e. The average Bonchev–Trinajstić information content (AvgIpc) is 3.04. The van der Waals surface area contributed by atoms with E-state index in [-0.39, 0.29) is 23.5 Å². The van der Waals surface area contributed by atoms with E-state index < -0.39 is 0 Å². The summed E-state index contributed by atoms with van der Waals surface area (Å²) in [5, 5.41) is 0. The van der Waals surface area contributed by atoms with Crippen molar-refractivity contribution in [3.05, 3.63) is 58.2 Å². The van der Waals surface area contributed by atoms with E-state index in [1.165, 1.54) is 31.4 Å². The minimum absolute atomic E-state index is 0.00948. The summed E-state index contributed by atoms with van der Waals surface area (Å²) in [6.07, 6.45) is 6.91. The van der Waals surface area contributed by atoms with Gasteiger partial charge in [0.25, 0.3) is 0 Å². The number of aromatic nitrogens is 1. The van der Waals surface area contributed by atoms with Crippen LogP contribution in [0.3, 0.4) is 0 Å². The van der Waals surface area contributed by atoms with Crippen molar-refractivity contribution in [1.29, 1.82) is 0 Å². The maximum atomic E-state index is 13.2. The van der Waals surface area contributed by atoms with Crippen LogP contribution >= 0.6 is 0 Å². The third-order valence-electron chi connectivity index (χ3n) is 6.21. The lowest BCUT2D eigenvalue weighted by molar-refractivity contribution is 0.0403. The van der Waals surface area contributed by atoms with Gasteiger partial charge in [0, 0.05) is 17.7 Å². The minimum atomic E-state index is -0.372. The number of Topliss-reactive ketones (excluding diaryl/α,β-unsaturated/α-hetero) is 1. The molecule has 1 aromatic carbocycles. The summed E-state index contributed by atoms with van der Waals surface area (Å²) in [4.78, 5) is 28.5. The zero-order chi connectivity index (χ0) is 19.7. The lowest BCUT2D eigenvalue weighted by Crippen LogP contribution is -2.18. The maximum absolute atomic E-state index is 13.2. The van der Waals surface area contributed by atoms with Gasteiger partial charge >= 0.3 is 5.97 Å². The number of nitrogens with one attached hydrogen (secondary N) is 1. The standard InChI is InChI=1S/C23H26FNO3/c1-14-21-19(11-17(12-20(21)26)16-7-9-18(24)10-8-16)25-22(14)23(27)28-13-15-5-3-2-4-6-15/h7-10,15,17,25H,2-6,11-13H2,1H3/t17-/m0/s1. The van der Waals surface area contributed by atoms with Crippen LogP contribution in [0.25, 0.3) is 0 Å². The number of fused-ring (bicyclic) bond motifs is 1. The highest BCUT2D eigenvalue weighted by Gasteiger charge is 2.32. The van der Waals surface area contributed by atoms with Gasteiger partial charge < -0.3 is 9.72 Å². The molecule has 1 aromatic heterocycles. The molecule has 0 saturated heterocycles. The topological polar surface area (TPSA) is 59.2 Å². The lowest BCUT2D eigenvalue weighted by atomic mass is 9.81. The van der Waals surface area contributed by atoms with Gasteiger partial charge in [-0.05, 0) is 61.3 Å². The van der Waals surface area contributed by atoms with Crippen LogP contribution in [0.4, 0.5) is 4.39 Å². The van der Waals surface area contributed by atoms with Crippen molar-refractivity contribution in [3.8, 4) is 0 Å². The van der Waals surface area contributed by atoms with E-state index in [9.17, 15) is 14.0 Å². The summed E-state index contributed by atoms with van der Waals surface area (Å²) in [7, 11) is 0. The predicted octanol–water partition coefficient (Wildman–Crippen LogP) is 5.11. The first kappa shape index (κ1) is 18.9. The van der Waals surface area contributed by atoms with Gasteiger partial charge in [-0.25, -0.2) is 9.18 Å². The first-order valence-corrected chi connectivity index (χ1v) is 10.2. The van der Waals surface area contributed by atoms with Gasteiger partial charge in [0.15, 0.2) is 5.78 Å². The third-order valence-corrected chi connectivity index (χ3v) is 6.21. The molecule has 2 aliphatic rings. The van der Waals surface area contributed by atoms with Crippen LogP contribution in [0.5, 0.6) is 0 Å². The second-order valence-corrected chi connectivity index (χ2v) is 8.16. The molecule has 2 aromatic rings. The quantitative estimate of drug-likeness (QED) is 0.746. The molecule has 0 amide bonds. The Morgan fingerprint density at radius 2 is 1.86 bits per heavy atom. The normalized spacial score (nSPS) is 20.1. The zero-order valence-corrected chi connectivity index (χ0v) is 16.2. The number of aromatic amines is 1. The predicted molar refractivity (Wildman–Crippen MR) is 104 cm³/mol. The molecular formula is C23H26FNO3. The Hall–Kier alpha value is -2.43. The number of H-pyrrole nitrogens is 1. The molecule has 1 saturated carbocycles. The SMILES string of the molecule is Cc1c(C(=O)OCC2CCCCC2)[nH]c2c1C(=O)C[C@@H](c1ccc(F)cc1)C2. The number of esters is 1. The van der Waals surface area contributed by atoms with Crippen LogP contribution in [0.1, 0.15) is 82.1 Å². The lowest BCUT2D eigenvalue weighted by Gasteiger charge is -2.22. The summed E-state index contributed by atoms with van der Waals surface area (Å²) in [6, 6.07) is 6.30. The molecule has 0 aliphatic heterocycles. The Morgan fingerprint density at radius 1 is 1.14 bits per heavy atom. The Morgan fingerprint density at radius 3 is 2.57 bits per heavy atom. The van der Waals surface area contributed by atoms with Gasteiger partial charge in [0.2, 0.25) is 0 Å². The molecule has 5 heteroatoms. The third kappa shape index (κ3) is 3.75. The van der Waals surface area contributed by atoms with Gasteiger partial charge in [-0.1, -0.05) is 31.4 Å². The van der Waals surface area contributed by atoms with Crippen LogP contribution in [0.2, 0.25) is 0 Å². The Balaban J connectivity index is 1.50. The number of benzene rings is 1. The van der Waals surface area contributed by atoms with E-state index >= 15 is 0 Å². The largest absolute Gasteiger partial charge is 0.461 e.